The first kappa shape index (κ1) is 25.0. The standard InChI is InChI=1S/C24H18F4N4O3S/c1-14-22(34)32(18-6-8-19(9-7-18)36-24(26,27)28)23(35)31(14)13-15-10-11-29-20(12-15)30-21(33)16-2-4-17(25)5-3-16/h2-12,34H,13H2,1H3,(H,29,30,33). The molecule has 0 radical (unpaired) electrons. The summed E-state index contributed by atoms with van der Waals surface area (Å²) in [5.41, 5.74) is -3.79. The van der Waals surface area contributed by atoms with Crippen molar-refractivity contribution in [1.82, 2.24) is 14.1 Å². The lowest BCUT2D eigenvalue weighted by molar-refractivity contribution is -0.0328. The number of imidazole rings is 1. The van der Waals surface area contributed by atoms with Crippen LogP contribution in [0.4, 0.5) is 23.4 Å². The molecule has 2 heterocycles. The van der Waals surface area contributed by atoms with E-state index in [1.165, 1.54) is 54.1 Å². The van der Waals surface area contributed by atoms with E-state index < -0.39 is 22.9 Å². The molecule has 2 N–H and O–H groups in total. The van der Waals surface area contributed by atoms with Crippen LogP contribution in [0.3, 0.4) is 0 Å². The van der Waals surface area contributed by atoms with E-state index in [-0.39, 0.29) is 51.8 Å². The van der Waals surface area contributed by atoms with Gasteiger partial charge in [0.25, 0.3) is 5.91 Å². The number of aromatic hydroxyl groups is 1. The maximum absolute atomic E-state index is 13.1. The van der Waals surface area contributed by atoms with Gasteiger partial charge in [-0.2, -0.15) is 13.2 Å². The summed E-state index contributed by atoms with van der Waals surface area (Å²) in [4.78, 5) is 29.5. The summed E-state index contributed by atoms with van der Waals surface area (Å²) >= 11 is -0.280. The highest BCUT2D eigenvalue weighted by molar-refractivity contribution is 8.00. The summed E-state index contributed by atoms with van der Waals surface area (Å²) in [6.07, 6.45) is 1.43. The molecule has 0 saturated carbocycles. The first-order chi connectivity index (χ1) is 17.0. The fourth-order valence-corrected chi connectivity index (χ4v) is 4.01. The molecule has 0 unspecified atom stereocenters. The zero-order valence-electron chi connectivity index (χ0n) is 18.6. The Labute approximate surface area is 206 Å². The van der Waals surface area contributed by atoms with Gasteiger partial charge in [0.05, 0.1) is 17.9 Å². The van der Waals surface area contributed by atoms with Gasteiger partial charge >= 0.3 is 11.2 Å². The highest BCUT2D eigenvalue weighted by atomic mass is 32.2. The lowest BCUT2D eigenvalue weighted by Gasteiger charge is -2.08. The van der Waals surface area contributed by atoms with Crippen molar-refractivity contribution in [3.63, 3.8) is 0 Å². The number of alkyl halides is 3. The number of thioether (sulfide) groups is 1. The van der Waals surface area contributed by atoms with Gasteiger partial charge in [0, 0.05) is 16.7 Å². The fraction of sp³-hybridized carbons (Fsp3) is 0.125. The van der Waals surface area contributed by atoms with Gasteiger partial charge in [0.1, 0.15) is 11.6 Å². The molecule has 2 aromatic heterocycles. The number of hydrogen-bond donors (Lipinski definition) is 2. The Balaban J connectivity index is 1.56. The number of hydrogen-bond acceptors (Lipinski definition) is 5. The summed E-state index contributed by atoms with van der Waals surface area (Å²) in [6, 6.07) is 13.2. The molecule has 0 aliphatic heterocycles. The Kier molecular flexibility index (Phi) is 6.88. The second-order valence-electron chi connectivity index (χ2n) is 7.67. The molecule has 1 amide bonds. The number of anilines is 1. The molecule has 0 bridgehead atoms. The van der Waals surface area contributed by atoms with Gasteiger partial charge in [-0.05, 0) is 84.9 Å². The van der Waals surface area contributed by atoms with Crippen LogP contribution in [0, 0.1) is 12.7 Å². The normalized spacial score (nSPS) is 11.5. The Morgan fingerprint density at radius 2 is 1.75 bits per heavy atom. The molecular weight excluding hydrogens is 500 g/mol. The van der Waals surface area contributed by atoms with Gasteiger partial charge in [0.2, 0.25) is 5.88 Å². The van der Waals surface area contributed by atoms with Crippen molar-refractivity contribution in [1.29, 1.82) is 0 Å². The fourth-order valence-electron chi connectivity index (χ4n) is 3.47. The zero-order valence-corrected chi connectivity index (χ0v) is 19.4. The molecule has 0 saturated heterocycles. The van der Waals surface area contributed by atoms with Gasteiger partial charge in [-0.3, -0.25) is 9.36 Å². The number of amides is 1. The van der Waals surface area contributed by atoms with Crippen LogP contribution in [-0.4, -0.2) is 30.6 Å². The van der Waals surface area contributed by atoms with Gasteiger partial charge < -0.3 is 10.4 Å². The molecular formula is C24H18F4N4O3S. The summed E-state index contributed by atoms with van der Waals surface area (Å²) in [5, 5.41) is 13.2. The lowest BCUT2D eigenvalue weighted by Crippen LogP contribution is -2.24. The second kappa shape index (κ2) is 9.90. The van der Waals surface area contributed by atoms with Crippen LogP contribution in [0.15, 0.2) is 76.6 Å². The van der Waals surface area contributed by atoms with Crippen molar-refractivity contribution >= 4 is 23.5 Å². The Hall–Kier alpha value is -4.06. The second-order valence-corrected chi connectivity index (χ2v) is 8.80. The molecule has 186 valence electrons. The maximum atomic E-state index is 13.1. The predicted octanol–water partition coefficient (Wildman–Crippen LogP) is 5.10. The van der Waals surface area contributed by atoms with Gasteiger partial charge in [0.15, 0.2) is 0 Å². The molecule has 0 aliphatic carbocycles. The van der Waals surface area contributed by atoms with Crippen LogP contribution in [0.25, 0.3) is 5.69 Å². The minimum Gasteiger partial charge on any atom is -0.493 e. The van der Waals surface area contributed by atoms with Crippen LogP contribution in [0.5, 0.6) is 5.88 Å². The smallest absolute Gasteiger partial charge is 0.446 e. The first-order valence-corrected chi connectivity index (χ1v) is 11.2. The molecule has 0 fully saturated rings. The SMILES string of the molecule is Cc1c(O)n(-c2ccc(SC(F)(F)F)cc2)c(=O)n1Cc1ccnc(NC(=O)c2ccc(F)cc2)c1. The first-order valence-electron chi connectivity index (χ1n) is 10.4. The average Bonchev–Trinajstić information content (AvgIpc) is 3.02. The minimum absolute atomic E-state index is 0.0230. The van der Waals surface area contributed by atoms with E-state index >= 15 is 0 Å². The number of carbonyl (C=O) groups is 1. The lowest BCUT2D eigenvalue weighted by atomic mass is 10.2. The third kappa shape index (κ3) is 5.60. The Bertz CT molecular complexity index is 1460. The molecule has 36 heavy (non-hydrogen) atoms. The maximum Gasteiger partial charge on any atom is 0.446 e. The van der Waals surface area contributed by atoms with Crippen LogP contribution < -0.4 is 11.0 Å². The number of halogens is 4. The number of aromatic nitrogens is 3. The van der Waals surface area contributed by atoms with Gasteiger partial charge in [-0.1, -0.05) is 0 Å². The van der Waals surface area contributed by atoms with E-state index in [0.29, 0.717) is 5.56 Å². The highest BCUT2D eigenvalue weighted by Gasteiger charge is 2.29. The van der Waals surface area contributed by atoms with E-state index in [4.69, 9.17) is 0 Å². The van der Waals surface area contributed by atoms with Crippen LogP contribution in [0.1, 0.15) is 21.6 Å². The van der Waals surface area contributed by atoms with Gasteiger partial charge in [-0.15, -0.1) is 0 Å². The van der Waals surface area contributed by atoms with E-state index in [0.717, 1.165) is 16.7 Å². The molecule has 7 nitrogen and oxygen atoms in total. The van der Waals surface area contributed by atoms with Crippen molar-refractivity contribution in [2.75, 3.05) is 5.32 Å². The predicted molar refractivity (Wildman–Crippen MR) is 126 cm³/mol. The van der Waals surface area contributed by atoms with Crippen molar-refractivity contribution < 1.29 is 27.5 Å². The molecule has 0 spiro atoms. The average molecular weight is 518 g/mol. The van der Waals surface area contributed by atoms with E-state index in [1.807, 2.05) is 0 Å². The third-order valence-electron chi connectivity index (χ3n) is 5.20. The Morgan fingerprint density at radius 3 is 2.39 bits per heavy atom. The zero-order chi connectivity index (χ0) is 26.0. The summed E-state index contributed by atoms with van der Waals surface area (Å²) < 4.78 is 53.1. The largest absolute Gasteiger partial charge is 0.493 e. The van der Waals surface area contributed by atoms with E-state index in [1.54, 1.807) is 12.1 Å². The topological polar surface area (TPSA) is 89.2 Å². The summed E-state index contributed by atoms with van der Waals surface area (Å²) in [6.45, 7) is 1.55. The van der Waals surface area contributed by atoms with Crippen molar-refractivity contribution in [2.45, 2.75) is 23.9 Å². The van der Waals surface area contributed by atoms with Crippen molar-refractivity contribution in [2.24, 2.45) is 0 Å². The number of nitrogens with zero attached hydrogens (tertiary/aromatic N) is 3. The van der Waals surface area contributed by atoms with Crippen molar-refractivity contribution in [3.05, 3.63) is 100.0 Å². The number of nitrogens with one attached hydrogen (secondary N) is 1. The molecule has 2 aromatic carbocycles. The van der Waals surface area contributed by atoms with E-state index in [9.17, 15) is 32.3 Å². The summed E-state index contributed by atoms with van der Waals surface area (Å²) in [7, 11) is 0. The Morgan fingerprint density at radius 1 is 1.08 bits per heavy atom. The number of benzene rings is 2. The molecule has 0 aliphatic rings. The van der Waals surface area contributed by atoms with Crippen molar-refractivity contribution in [3.8, 4) is 11.6 Å². The monoisotopic (exact) mass is 518 g/mol. The number of pyridine rings is 1. The molecule has 12 heteroatoms. The van der Waals surface area contributed by atoms with E-state index in [2.05, 4.69) is 10.3 Å². The quantitative estimate of drug-likeness (QED) is 0.274. The summed E-state index contributed by atoms with van der Waals surface area (Å²) in [5.74, 6) is -1.12. The minimum atomic E-state index is -4.44. The van der Waals surface area contributed by atoms with Crippen LogP contribution >= 0.6 is 11.8 Å². The van der Waals surface area contributed by atoms with Crippen LogP contribution in [-0.2, 0) is 6.54 Å². The highest BCUT2D eigenvalue weighted by Crippen LogP contribution is 2.37. The third-order valence-corrected chi connectivity index (χ3v) is 5.94. The van der Waals surface area contributed by atoms with Gasteiger partial charge in [-0.25, -0.2) is 18.7 Å². The number of carbonyl (C=O) groups excluding carboxylic acids is 1. The molecule has 0 atom stereocenters. The molecule has 4 rings (SSSR count). The number of rotatable bonds is 6. The van der Waals surface area contributed by atoms with Crippen LogP contribution in [0.2, 0.25) is 0 Å². The molecule has 4 aromatic rings.